The normalized spacial score (nSPS) is 13.8. The van der Waals surface area contributed by atoms with E-state index in [1.54, 1.807) is 17.0 Å². The minimum atomic E-state index is -1.02. The summed E-state index contributed by atoms with van der Waals surface area (Å²) < 4.78 is 13.2. The molecule has 0 spiro atoms. The van der Waals surface area contributed by atoms with Crippen LogP contribution < -0.4 is 0 Å². The molecule has 0 radical (unpaired) electrons. The van der Waals surface area contributed by atoms with E-state index in [-0.39, 0.29) is 22.6 Å². The molecular weight excluding hydrogens is 317 g/mol. The van der Waals surface area contributed by atoms with E-state index in [4.69, 9.17) is 5.11 Å². The molecule has 1 aromatic carbocycles. The van der Waals surface area contributed by atoms with Crippen LogP contribution in [0.3, 0.4) is 0 Å². The summed E-state index contributed by atoms with van der Waals surface area (Å²) in [7, 11) is 0. The molecule has 0 saturated heterocycles. The zero-order valence-electron chi connectivity index (χ0n) is 12.4. The van der Waals surface area contributed by atoms with E-state index in [1.165, 1.54) is 18.2 Å². The van der Waals surface area contributed by atoms with Gasteiger partial charge in [-0.3, -0.25) is 4.79 Å². The molecule has 1 aromatic heterocycles. The minimum absolute atomic E-state index is 0.138. The lowest BCUT2D eigenvalue weighted by Gasteiger charge is -2.21. The number of carboxylic acid groups (broad SMARTS) is 1. The molecule has 23 heavy (non-hydrogen) atoms. The van der Waals surface area contributed by atoms with E-state index < -0.39 is 5.97 Å². The van der Waals surface area contributed by atoms with Gasteiger partial charge in [-0.05, 0) is 49.1 Å². The summed E-state index contributed by atoms with van der Waals surface area (Å²) >= 11 is 0.996. The highest BCUT2D eigenvalue weighted by molar-refractivity contribution is 7.15. The van der Waals surface area contributed by atoms with Crippen LogP contribution in [0.5, 0.6) is 0 Å². The molecule has 1 fully saturated rings. The Morgan fingerprint density at radius 3 is 2.57 bits per heavy atom. The highest BCUT2D eigenvalue weighted by atomic mass is 32.1. The first-order chi connectivity index (χ1) is 11.0. The summed E-state index contributed by atoms with van der Waals surface area (Å²) in [5.74, 6) is -1.44. The number of rotatable bonds is 6. The van der Waals surface area contributed by atoms with Gasteiger partial charge < -0.3 is 10.0 Å². The zero-order chi connectivity index (χ0) is 16.4. The van der Waals surface area contributed by atoms with Crippen molar-refractivity contribution in [3.8, 4) is 0 Å². The largest absolute Gasteiger partial charge is 0.477 e. The lowest BCUT2D eigenvalue weighted by atomic mass is 10.1. The third kappa shape index (κ3) is 3.76. The Morgan fingerprint density at radius 2 is 1.96 bits per heavy atom. The first-order valence-electron chi connectivity index (χ1n) is 7.43. The third-order valence-electron chi connectivity index (χ3n) is 3.81. The van der Waals surface area contributed by atoms with Crippen LogP contribution in [0.2, 0.25) is 0 Å². The zero-order valence-corrected chi connectivity index (χ0v) is 13.2. The second-order valence-corrected chi connectivity index (χ2v) is 6.66. The molecule has 0 unspecified atom stereocenters. The quantitative estimate of drug-likeness (QED) is 0.881. The summed E-state index contributed by atoms with van der Waals surface area (Å²) in [5, 5.41) is 8.97. The molecule has 1 N–H and O–H groups in total. The van der Waals surface area contributed by atoms with Gasteiger partial charge in [0.2, 0.25) is 0 Å². The monoisotopic (exact) mass is 333 g/mol. The van der Waals surface area contributed by atoms with Crippen LogP contribution in [-0.2, 0) is 6.42 Å². The Kier molecular flexibility index (Phi) is 4.43. The fourth-order valence-corrected chi connectivity index (χ4v) is 3.29. The predicted molar refractivity (Wildman–Crippen MR) is 85.4 cm³/mol. The molecule has 6 heteroatoms. The predicted octanol–water partition coefficient (Wildman–Crippen LogP) is 3.43. The van der Waals surface area contributed by atoms with Crippen LogP contribution in [0.4, 0.5) is 4.39 Å². The van der Waals surface area contributed by atoms with Crippen molar-refractivity contribution in [3.05, 3.63) is 57.5 Å². The maximum atomic E-state index is 13.2. The molecule has 1 saturated carbocycles. The average Bonchev–Trinajstić information content (AvgIpc) is 3.22. The maximum Gasteiger partial charge on any atom is 0.345 e. The molecule has 1 aliphatic rings. The van der Waals surface area contributed by atoms with E-state index >= 15 is 0 Å². The van der Waals surface area contributed by atoms with Crippen LogP contribution >= 0.6 is 11.3 Å². The average molecular weight is 333 g/mol. The van der Waals surface area contributed by atoms with Gasteiger partial charge in [0.15, 0.2) is 0 Å². The standard InChI is InChI=1S/C17H16FNO3S/c18-12-3-1-2-11(10-12)8-9-19(13-4-5-13)16(20)14-6-7-15(23-14)17(21)22/h1-3,6-7,10,13H,4-5,8-9H2,(H,21,22). The molecule has 120 valence electrons. The summed E-state index contributed by atoms with van der Waals surface area (Å²) in [6.07, 6.45) is 2.51. The lowest BCUT2D eigenvalue weighted by Crippen LogP contribution is -2.34. The molecular formula is C17H16FNO3S. The lowest BCUT2D eigenvalue weighted by molar-refractivity contribution is 0.0701. The summed E-state index contributed by atoms with van der Waals surface area (Å²) in [6.45, 7) is 0.507. The number of halogens is 1. The highest BCUT2D eigenvalue weighted by Crippen LogP contribution is 2.30. The Balaban J connectivity index is 1.70. The van der Waals surface area contributed by atoms with Crippen molar-refractivity contribution in [2.24, 2.45) is 0 Å². The topological polar surface area (TPSA) is 57.6 Å². The van der Waals surface area contributed by atoms with Crippen molar-refractivity contribution < 1.29 is 19.1 Å². The Bertz CT molecular complexity index is 739. The van der Waals surface area contributed by atoms with E-state index in [9.17, 15) is 14.0 Å². The minimum Gasteiger partial charge on any atom is -0.477 e. The molecule has 4 nitrogen and oxygen atoms in total. The van der Waals surface area contributed by atoms with Crippen molar-refractivity contribution >= 4 is 23.2 Å². The van der Waals surface area contributed by atoms with Crippen molar-refractivity contribution in [2.45, 2.75) is 25.3 Å². The second-order valence-electron chi connectivity index (χ2n) is 5.58. The van der Waals surface area contributed by atoms with Crippen LogP contribution in [0.1, 0.15) is 37.7 Å². The third-order valence-corrected chi connectivity index (χ3v) is 4.87. The van der Waals surface area contributed by atoms with Crippen LogP contribution in [0, 0.1) is 5.82 Å². The van der Waals surface area contributed by atoms with Gasteiger partial charge >= 0.3 is 5.97 Å². The van der Waals surface area contributed by atoms with E-state index in [2.05, 4.69) is 0 Å². The number of benzene rings is 1. The molecule has 1 heterocycles. The fraction of sp³-hybridized carbons (Fsp3) is 0.294. The summed E-state index contributed by atoms with van der Waals surface area (Å²) in [5.41, 5.74) is 0.848. The number of hydrogen-bond acceptors (Lipinski definition) is 3. The number of amides is 1. The fourth-order valence-electron chi connectivity index (χ4n) is 2.49. The Labute approximate surface area is 137 Å². The second kappa shape index (κ2) is 6.50. The molecule has 3 rings (SSSR count). The van der Waals surface area contributed by atoms with Crippen molar-refractivity contribution in [1.29, 1.82) is 0 Å². The number of thiophene rings is 1. The van der Waals surface area contributed by atoms with E-state index in [0.29, 0.717) is 17.8 Å². The Morgan fingerprint density at radius 1 is 1.22 bits per heavy atom. The van der Waals surface area contributed by atoms with Gasteiger partial charge in [0.05, 0.1) is 4.88 Å². The summed E-state index contributed by atoms with van der Waals surface area (Å²) in [6, 6.07) is 9.60. The molecule has 0 aliphatic heterocycles. The van der Waals surface area contributed by atoms with Gasteiger partial charge in [0.1, 0.15) is 10.7 Å². The van der Waals surface area contributed by atoms with Gasteiger partial charge in [0.25, 0.3) is 5.91 Å². The van der Waals surface area contributed by atoms with Crippen molar-refractivity contribution in [1.82, 2.24) is 4.90 Å². The van der Waals surface area contributed by atoms with Gasteiger partial charge in [-0.15, -0.1) is 11.3 Å². The van der Waals surface area contributed by atoms with Gasteiger partial charge in [-0.1, -0.05) is 12.1 Å². The summed E-state index contributed by atoms with van der Waals surface area (Å²) in [4.78, 5) is 25.9. The number of aromatic carboxylic acids is 1. The maximum absolute atomic E-state index is 13.2. The molecule has 0 bridgehead atoms. The molecule has 2 aromatic rings. The van der Waals surface area contributed by atoms with E-state index in [1.807, 2.05) is 6.07 Å². The SMILES string of the molecule is O=C(O)c1ccc(C(=O)N(CCc2cccc(F)c2)C2CC2)s1. The first kappa shape index (κ1) is 15.7. The Hall–Kier alpha value is -2.21. The van der Waals surface area contributed by atoms with Crippen LogP contribution in [0.15, 0.2) is 36.4 Å². The highest BCUT2D eigenvalue weighted by Gasteiger charge is 2.33. The number of carboxylic acids is 1. The number of hydrogen-bond donors (Lipinski definition) is 1. The number of nitrogens with zero attached hydrogens (tertiary/aromatic N) is 1. The van der Waals surface area contributed by atoms with Gasteiger partial charge in [0, 0.05) is 12.6 Å². The van der Waals surface area contributed by atoms with Crippen molar-refractivity contribution in [2.75, 3.05) is 6.54 Å². The number of carbonyl (C=O) groups is 2. The van der Waals surface area contributed by atoms with Crippen LogP contribution in [0.25, 0.3) is 0 Å². The van der Waals surface area contributed by atoms with Crippen molar-refractivity contribution in [3.63, 3.8) is 0 Å². The molecule has 1 amide bonds. The van der Waals surface area contributed by atoms with E-state index in [0.717, 1.165) is 29.7 Å². The van der Waals surface area contributed by atoms with Gasteiger partial charge in [-0.25, -0.2) is 9.18 Å². The first-order valence-corrected chi connectivity index (χ1v) is 8.25. The van der Waals surface area contributed by atoms with Gasteiger partial charge in [-0.2, -0.15) is 0 Å². The molecule has 0 atom stereocenters. The number of carbonyl (C=O) groups excluding carboxylic acids is 1. The smallest absolute Gasteiger partial charge is 0.345 e. The molecule has 1 aliphatic carbocycles. The van der Waals surface area contributed by atoms with Crippen LogP contribution in [-0.4, -0.2) is 34.5 Å².